The van der Waals surface area contributed by atoms with Crippen molar-refractivity contribution in [2.75, 3.05) is 5.32 Å². The number of amides is 1. The average molecular weight is 436 g/mol. The zero-order valence-corrected chi connectivity index (χ0v) is 18.3. The monoisotopic (exact) mass is 435 g/mol. The molecule has 2 heterocycles. The Morgan fingerprint density at radius 2 is 1.81 bits per heavy atom. The van der Waals surface area contributed by atoms with E-state index in [-0.39, 0.29) is 5.69 Å². The Kier molecular flexibility index (Phi) is 5.61. The SMILES string of the molecule is CCn1nc(C(=O)Nc2c(C)nn(Cc3ccccc3)c2C)c(=O)c2cc(Cl)ccc21. The van der Waals surface area contributed by atoms with Gasteiger partial charge in [-0.05, 0) is 44.5 Å². The Labute approximate surface area is 184 Å². The van der Waals surface area contributed by atoms with E-state index in [0.29, 0.717) is 40.4 Å². The van der Waals surface area contributed by atoms with Crippen LogP contribution in [0.4, 0.5) is 5.69 Å². The highest BCUT2D eigenvalue weighted by atomic mass is 35.5. The standard InChI is InChI=1S/C23H22ClN5O2/c1-4-28-19-11-10-17(24)12-18(19)22(30)21(27-28)23(31)25-20-14(2)26-29(15(20)3)13-16-8-6-5-7-9-16/h5-12H,4,13H2,1-3H3,(H,25,31). The lowest BCUT2D eigenvalue weighted by molar-refractivity contribution is 0.101. The Hall–Kier alpha value is -3.45. The van der Waals surface area contributed by atoms with Gasteiger partial charge >= 0.3 is 0 Å². The maximum absolute atomic E-state index is 13.0. The van der Waals surface area contributed by atoms with Crippen molar-refractivity contribution in [3.8, 4) is 0 Å². The average Bonchev–Trinajstić information content (AvgIpc) is 3.02. The van der Waals surface area contributed by atoms with E-state index >= 15 is 0 Å². The molecule has 1 N–H and O–H groups in total. The van der Waals surface area contributed by atoms with E-state index in [9.17, 15) is 9.59 Å². The molecule has 0 radical (unpaired) electrons. The van der Waals surface area contributed by atoms with Crippen molar-refractivity contribution in [1.29, 1.82) is 0 Å². The van der Waals surface area contributed by atoms with Gasteiger partial charge in [0.1, 0.15) is 0 Å². The molecule has 1 amide bonds. The number of halogens is 1. The molecular weight excluding hydrogens is 414 g/mol. The highest BCUT2D eigenvalue weighted by Gasteiger charge is 2.21. The first-order valence-electron chi connectivity index (χ1n) is 9.98. The van der Waals surface area contributed by atoms with Crippen LogP contribution in [0.3, 0.4) is 0 Å². The second kappa shape index (κ2) is 8.35. The zero-order valence-electron chi connectivity index (χ0n) is 17.5. The lowest BCUT2D eigenvalue weighted by Gasteiger charge is -2.11. The van der Waals surface area contributed by atoms with Crippen LogP contribution in [-0.2, 0) is 13.1 Å². The summed E-state index contributed by atoms with van der Waals surface area (Å²) < 4.78 is 3.46. The van der Waals surface area contributed by atoms with Gasteiger partial charge in [0.15, 0.2) is 5.69 Å². The Bertz CT molecular complexity index is 1340. The number of hydrogen-bond acceptors (Lipinski definition) is 4. The number of aromatic nitrogens is 4. The number of benzene rings is 2. The fourth-order valence-corrected chi connectivity index (χ4v) is 3.79. The first-order chi connectivity index (χ1) is 14.9. The third kappa shape index (κ3) is 3.96. The minimum atomic E-state index is -0.570. The van der Waals surface area contributed by atoms with E-state index in [4.69, 9.17) is 11.6 Å². The topological polar surface area (TPSA) is 81.8 Å². The van der Waals surface area contributed by atoms with Crippen LogP contribution in [0.15, 0.2) is 53.3 Å². The molecule has 0 saturated heterocycles. The summed E-state index contributed by atoms with van der Waals surface area (Å²) in [6.07, 6.45) is 0. The van der Waals surface area contributed by atoms with Crippen LogP contribution in [0, 0.1) is 13.8 Å². The van der Waals surface area contributed by atoms with Gasteiger partial charge in [0, 0.05) is 11.6 Å². The van der Waals surface area contributed by atoms with Gasteiger partial charge < -0.3 is 5.32 Å². The number of fused-ring (bicyclic) bond motifs is 1. The number of hydrogen-bond donors (Lipinski definition) is 1. The number of carbonyl (C=O) groups is 1. The molecule has 0 fully saturated rings. The number of aryl methyl sites for hydroxylation is 2. The molecule has 0 atom stereocenters. The van der Waals surface area contributed by atoms with Gasteiger partial charge in [-0.25, -0.2) is 0 Å². The summed E-state index contributed by atoms with van der Waals surface area (Å²) in [4.78, 5) is 26.0. The van der Waals surface area contributed by atoms with Crippen molar-refractivity contribution < 1.29 is 4.79 Å². The van der Waals surface area contributed by atoms with Gasteiger partial charge in [-0.3, -0.25) is 19.0 Å². The Morgan fingerprint density at radius 3 is 2.52 bits per heavy atom. The second-order valence-corrected chi connectivity index (χ2v) is 7.73. The quantitative estimate of drug-likeness (QED) is 0.509. The molecule has 0 aliphatic rings. The molecule has 0 aliphatic carbocycles. The molecule has 0 saturated carbocycles. The van der Waals surface area contributed by atoms with Crippen molar-refractivity contribution in [1.82, 2.24) is 19.6 Å². The van der Waals surface area contributed by atoms with Crippen molar-refractivity contribution in [2.24, 2.45) is 0 Å². The van der Waals surface area contributed by atoms with Crippen LogP contribution in [0.25, 0.3) is 10.9 Å². The van der Waals surface area contributed by atoms with E-state index in [1.807, 2.05) is 55.8 Å². The largest absolute Gasteiger partial charge is 0.317 e. The van der Waals surface area contributed by atoms with E-state index in [2.05, 4.69) is 15.5 Å². The maximum atomic E-state index is 13.0. The summed E-state index contributed by atoms with van der Waals surface area (Å²) in [7, 11) is 0. The second-order valence-electron chi connectivity index (χ2n) is 7.30. The lowest BCUT2D eigenvalue weighted by Crippen LogP contribution is -2.27. The van der Waals surface area contributed by atoms with Gasteiger partial charge in [-0.15, -0.1) is 0 Å². The normalized spacial score (nSPS) is 11.1. The fraction of sp³-hybridized carbons (Fsp3) is 0.217. The van der Waals surface area contributed by atoms with Gasteiger partial charge in [0.2, 0.25) is 5.43 Å². The maximum Gasteiger partial charge on any atom is 0.280 e. The fourth-order valence-electron chi connectivity index (χ4n) is 3.61. The van der Waals surface area contributed by atoms with Crippen molar-refractivity contribution in [3.05, 3.63) is 86.4 Å². The smallest absolute Gasteiger partial charge is 0.280 e. The number of nitrogens with one attached hydrogen (secondary N) is 1. The summed E-state index contributed by atoms with van der Waals surface area (Å²) in [5.41, 5.74) is 3.16. The van der Waals surface area contributed by atoms with E-state index in [1.54, 1.807) is 22.9 Å². The van der Waals surface area contributed by atoms with Crippen molar-refractivity contribution in [3.63, 3.8) is 0 Å². The third-order valence-corrected chi connectivity index (χ3v) is 5.46. The zero-order chi connectivity index (χ0) is 22.1. The number of carbonyl (C=O) groups excluding carboxylic acids is 1. The Morgan fingerprint density at radius 1 is 1.06 bits per heavy atom. The third-order valence-electron chi connectivity index (χ3n) is 5.23. The molecule has 0 spiro atoms. The molecule has 7 nitrogen and oxygen atoms in total. The van der Waals surface area contributed by atoms with Crippen LogP contribution in [0.5, 0.6) is 0 Å². The van der Waals surface area contributed by atoms with Crippen LogP contribution in [-0.4, -0.2) is 25.5 Å². The molecule has 0 bridgehead atoms. The van der Waals surface area contributed by atoms with Crippen LogP contribution in [0.1, 0.15) is 34.4 Å². The molecular formula is C23H22ClN5O2. The van der Waals surface area contributed by atoms with Gasteiger partial charge in [-0.2, -0.15) is 10.2 Å². The summed E-state index contributed by atoms with van der Waals surface area (Å²) in [6, 6.07) is 14.9. The predicted octanol–water partition coefficient (Wildman–Crippen LogP) is 4.18. The first kappa shape index (κ1) is 20.8. The van der Waals surface area contributed by atoms with Crippen molar-refractivity contribution in [2.45, 2.75) is 33.9 Å². The molecule has 0 unspecified atom stereocenters. The first-order valence-corrected chi connectivity index (χ1v) is 10.4. The molecule has 4 aromatic rings. The molecule has 158 valence electrons. The number of anilines is 1. The van der Waals surface area contributed by atoms with E-state index in [0.717, 1.165) is 11.3 Å². The van der Waals surface area contributed by atoms with Gasteiger partial charge in [0.25, 0.3) is 5.91 Å². The Balaban J connectivity index is 1.70. The van der Waals surface area contributed by atoms with Gasteiger partial charge in [0.05, 0.1) is 34.5 Å². The number of rotatable bonds is 5. The summed E-state index contributed by atoms with van der Waals surface area (Å²) >= 11 is 6.08. The van der Waals surface area contributed by atoms with Crippen LogP contribution < -0.4 is 10.7 Å². The molecule has 2 aromatic heterocycles. The minimum Gasteiger partial charge on any atom is -0.317 e. The number of nitrogens with zero attached hydrogens (tertiary/aromatic N) is 4. The predicted molar refractivity (Wildman–Crippen MR) is 122 cm³/mol. The molecule has 0 aliphatic heterocycles. The molecule has 31 heavy (non-hydrogen) atoms. The van der Waals surface area contributed by atoms with E-state index < -0.39 is 11.3 Å². The highest BCUT2D eigenvalue weighted by molar-refractivity contribution is 6.31. The summed E-state index contributed by atoms with van der Waals surface area (Å²) in [5, 5.41) is 12.5. The molecule has 8 heteroatoms. The summed E-state index contributed by atoms with van der Waals surface area (Å²) in [6.45, 7) is 6.69. The minimum absolute atomic E-state index is 0.175. The van der Waals surface area contributed by atoms with Crippen LogP contribution >= 0.6 is 11.6 Å². The lowest BCUT2D eigenvalue weighted by atomic mass is 10.2. The highest BCUT2D eigenvalue weighted by Crippen LogP contribution is 2.22. The molecule has 2 aromatic carbocycles. The molecule has 4 rings (SSSR count). The van der Waals surface area contributed by atoms with Crippen molar-refractivity contribution >= 4 is 34.1 Å². The van der Waals surface area contributed by atoms with Gasteiger partial charge in [-0.1, -0.05) is 41.9 Å². The van der Waals surface area contributed by atoms with E-state index in [1.165, 1.54) is 0 Å². The van der Waals surface area contributed by atoms with Crippen LogP contribution in [0.2, 0.25) is 5.02 Å². The summed E-state index contributed by atoms with van der Waals surface area (Å²) in [5.74, 6) is -0.570.